The summed E-state index contributed by atoms with van der Waals surface area (Å²) in [6, 6.07) is 17.2. The van der Waals surface area contributed by atoms with E-state index in [9.17, 15) is 4.79 Å². The Balaban J connectivity index is 1.86. The molecule has 0 saturated carbocycles. The molecule has 0 saturated heterocycles. The Kier molecular flexibility index (Phi) is 7.11. The highest BCUT2D eigenvalue weighted by Crippen LogP contribution is 2.29. The molecule has 33 heavy (non-hydrogen) atoms. The maximum atomic E-state index is 13.3. The highest BCUT2D eigenvalue weighted by molar-refractivity contribution is 5.80. The smallest absolute Gasteiger partial charge is 0.253 e. The number of methoxy groups -OCH3 is 2. The average molecular weight is 449 g/mol. The summed E-state index contributed by atoms with van der Waals surface area (Å²) in [7, 11) is 3.26. The van der Waals surface area contributed by atoms with Gasteiger partial charge in [-0.15, -0.1) is 5.10 Å². The number of H-pyrrole nitrogens is 1. The minimum atomic E-state index is -0.457. The number of benzene rings is 2. The molecule has 0 radical (unpaired) electrons. The van der Waals surface area contributed by atoms with Crippen molar-refractivity contribution in [2.75, 3.05) is 27.4 Å². The van der Waals surface area contributed by atoms with E-state index >= 15 is 0 Å². The molecule has 0 aliphatic rings. The summed E-state index contributed by atoms with van der Waals surface area (Å²) in [4.78, 5) is 18.5. The van der Waals surface area contributed by atoms with Crippen molar-refractivity contribution in [3.63, 3.8) is 0 Å². The fraction of sp³-hybridized carbons (Fsp3) is 0.333. The predicted octanol–water partition coefficient (Wildman–Crippen LogP) is 2.78. The molecule has 0 fully saturated rings. The maximum Gasteiger partial charge on any atom is 0.253 e. The lowest BCUT2D eigenvalue weighted by atomic mass is 10.0. The second-order valence-electron chi connectivity index (χ2n) is 7.71. The molecular weight excluding hydrogens is 420 g/mol. The number of nitrogens with zero attached hydrogens (tertiary/aromatic N) is 5. The molecular formula is C24H28N6O3. The van der Waals surface area contributed by atoms with E-state index in [-0.39, 0.29) is 5.56 Å². The molecule has 0 aliphatic carbocycles. The normalized spacial score (nSPS) is 12.4. The van der Waals surface area contributed by atoms with E-state index in [2.05, 4.69) is 44.5 Å². The van der Waals surface area contributed by atoms with Crippen LogP contribution in [-0.4, -0.2) is 57.5 Å². The summed E-state index contributed by atoms with van der Waals surface area (Å²) in [5.41, 5.74) is 2.28. The molecule has 0 bridgehead atoms. The molecule has 172 valence electrons. The maximum absolute atomic E-state index is 13.3. The van der Waals surface area contributed by atoms with E-state index in [1.807, 2.05) is 42.5 Å². The zero-order valence-electron chi connectivity index (χ0n) is 19.1. The third-order valence-corrected chi connectivity index (χ3v) is 5.69. The summed E-state index contributed by atoms with van der Waals surface area (Å²) < 4.78 is 12.3. The quantitative estimate of drug-likeness (QED) is 0.398. The van der Waals surface area contributed by atoms with Gasteiger partial charge in [-0.05, 0) is 46.8 Å². The summed E-state index contributed by atoms with van der Waals surface area (Å²) >= 11 is 0. The molecule has 2 aromatic heterocycles. The monoisotopic (exact) mass is 448 g/mol. The van der Waals surface area contributed by atoms with Gasteiger partial charge in [-0.2, -0.15) is 0 Å². The summed E-state index contributed by atoms with van der Waals surface area (Å²) in [5.74, 6) is 1.32. The first-order valence-corrected chi connectivity index (χ1v) is 10.9. The van der Waals surface area contributed by atoms with E-state index in [0.29, 0.717) is 37.6 Å². The number of fused-ring (bicyclic) bond motifs is 1. The lowest BCUT2D eigenvalue weighted by Gasteiger charge is -2.30. The molecule has 2 heterocycles. The average Bonchev–Trinajstić information content (AvgIpc) is 3.30. The number of tetrazole rings is 1. The lowest BCUT2D eigenvalue weighted by Crippen LogP contribution is -2.35. The minimum Gasteiger partial charge on any atom is -0.497 e. The van der Waals surface area contributed by atoms with Crippen molar-refractivity contribution in [1.82, 2.24) is 30.1 Å². The van der Waals surface area contributed by atoms with E-state index in [0.717, 1.165) is 22.2 Å². The van der Waals surface area contributed by atoms with E-state index in [4.69, 9.17) is 9.47 Å². The van der Waals surface area contributed by atoms with Crippen LogP contribution in [0.15, 0.2) is 59.4 Å². The van der Waals surface area contributed by atoms with E-state index in [1.54, 1.807) is 18.9 Å². The van der Waals surface area contributed by atoms with Crippen molar-refractivity contribution >= 4 is 10.9 Å². The number of aromatic amines is 1. The molecule has 2 aromatic carbocycles. The van der Waals surface area contributed by atoms with Crippen LogP contribution in [0.2, 0.25) is 0 Å². The molecule has 0 aliphatic heterocycles. The molecule has 9 nitrogen and oxygen atoms in total. The summed E-state index contributed by atoms with van der Waals surface area (Å²) in [5, 5.41) is 13.3. The van der Waals surface area contributed by atoms with Crippen LogP contribution in [0.3, 0.4) is 0 Å². The van der Waals surface area contributed by atoms with Crippen molar-refractivity contribution in [3.05, 3.63) is 81.9 Å². The van der Waals surface area contributed by atoms with Crippen LogP contribution in [0, 0.1) is 0 Å². The van der Waals surface area contributed by atoms with Crippen LogP contribution < -0.4 is 10.3 Å². The first-order chi connectivity index (χ1) is 16.1. The van der Waals surface area contributed by atoms with Crippen LogP contribution in [0.4, 0.5) is 0 Å². The van der Waals surface area contributed by atoms with Gasteiger partial charge in [0, 0.05) is 30.1 Å². The standard InChI is InChI=1S/C24H28N6O3/c1-4-29(16-17-8-6-5-7-9-17)22(23-26-27-28-30(23)12-13-32-2)20-15-18-14-19(33-3)10-11-21(18)25-24(20)31/h5-11,14-15,22H,4,12-13,16H2,1-3H3,(H,25,31)/t22-/m1/s1. The Labute approximate surface area is 191 Å². The van der Waals surface area contributed by atoms with Crippen LogP contribution in [-0.2, 0) is 17.8 Å². The van der Waals surface area contributed by atoms with Gasteiger partial charge in [0.2, 0.25) is 0 Å². The zero-order chi connectivity index (χ0) is 23.2. The van der Waals surface area contributed by atoms with Gasteiger partial charge < -0.3 is 14.5 Å². The zero-order valence-corrected chi connectivity index (χ0v) is 19.1. The van der Waals surface area contributed by atoms with Crippen molar-refractivity contribution < 1.29 is 9.47 Å². The van der Waals surface area contributed by atoms with Crippen LogP contribution >= 0.6 is 0 Å². The SMILES string of the molecule is CCN(Cc1ccccc1)[C@H](c1cc2cc(OC)ccc2[nH]c1=O)c1nnnn1CCOC. The highest BCUT2D eigenvalue weighted by Gasteiger charge is 2.30. The van der Waals surface area contributed by atoms with Gasteiger partial charge in [-0.1, -0.05) is 37.3 Å². The summed E-state index contributed by atoms with van der Waals surface area (Å²) in [6.45, 7) is 4.33. The predicted molar refractivity (Wildman–Crippen MR) is 125 cm³/mol. The van der Waals surface area contributed by atoms with Crippen LogP contribution in [0.5, 0.6) is 5.75 Å². The fourth-order valence-corrected chi connectivity index (χ4v) is 3.98. The second kappa shape index (κ2) is 10.4. The van der Waals surface area contributed by atoms with Gasteiger partial charge in [0.25, 0.3) is 5.56 Å². The number of rotatable bonds is 10. The largest absolute Gasteiger partial charge is 0.497 e. The van der Waals surface area contributed by atoms with Crippen molar-refractivity contribution in [1.29, 1.82) is 0 Å². The third kappa shape index (κ3) is 4.94. The Morgan fingerprint density at radius 2 is 1.94 bits per heavy atom. The Morgan fingerprint density at radius 3 is 2.67 bits per heavy atom. The van der Waals surface area contributed by atoms with Gasteiger partial charge >= 0.3 is 0 Å². The number of ether oxygens (including phenoxy) is 2. The molecule has 4 rings (SSSR count). The topological polar surface area (TPSA) is 98.2 Å². The fourth-order valence-electron chi connectivity index (χ4n) is 3.98. The van der Waals surface area contributed by atoms with Crippen molar-refractivity contribution in [2.45, 2.75) is 26.1 Å². The Morgan fingerprint density at radius 1 is 1.12 bits per heavy atom. The Bertz CT molecular complexity index is 1250. The van der Waals surface area contributed by atoms with E-state index in [1.165, 1.54) is 0 Å². The van der Waals surface area contributed by atoms with Crippen LogP contribution in [0.25, 0.3) is 10.9 Å². The van der Waals surface area contributed by atoms with Gasteiger partial charge in [0.05, 0.1) is 20.3 Å². The number of pyridine rings is 1. The minimum absolute atomic E-state index is 0.175. The first-order valence-electron chi connectivity index (χ1n) is 10.9. The number of hydrogen-bond donors (Lipinski definition) is 1. The van der Waals surface area contributed by atoms with E-state index < -0.39 is 6.04 Å². The molecule has 9 heteroatoms. The molecule has 4 aromatic rings. The molecule has 1 N–H and O–H groups in total. The van der Waals surface area contributed by atoms with Crippen molar-refractivity contribution in [3.8, 4) is 5.75 Å². The lowest BCUT2D eigenvalue weighted by molar-refractivity contribution is 0.174. The second-order valence-corrected chi connectivity index (χ2v) is 7.71. The highest BCUT2D eigenvalue weighted by atomic mass is 16.5. The molecule has 1 atom stereocenters. The summed E-state index contributed by atoms with van der Waals surface area (Å²) in [6.07, 6.45) is 0. The number of hydrogen-bond acceptors (Lipinski definition) is 7. The van der Waals surface area contributed by atoms with Gasteiger partial charge in [0.1, 0.15) is 11.8 Å². The molecule has 0 unspecified atom stereocenters. The van der Waals surface area contributed by atoms with Gasteiger partial charge in [-0.25, -0.2) is 4.68 Å². The van der Waals surface area contributed by atoms with Gasteiger partial charge in [0.15, 0.2) is 5.82 Å². The third-order valence-electron chi connectivity index (χ3n) is 5.69. The molecule has 0 amide bonds. The number of nitrogens with one attached hydrogen (secondary N) is 1. The van der Waals surface area contributed by atoms with Gasteiger partial charge in [-0.3, -0.25) is 9.69 Å². The van der Waals surface area contributed by atoms with Crippen LogP contribution in [0.1, 0.15) is 29.9 Å². The number of aromatic nitrogens is 5. The molecule has 0 spiro atoms. The van der Waals surface area contributed by atoms with Crippen molar-refractivity contribution in [2.24, 2.45) is 0 Å². The first kappa shape index (κ1) is 22.6. The Hall–Kier alpha value is -3.56.